The molecule has 0 amide bonds. The molecule has 0 aliphatic rings. The number of pyridine rings is 1. The number of nitrogens with zero attached hydrogens (tertiary/aromatic N) is 1. The van der Waals surface area contributed by atoms with Crippen molar-refractivity contribution in [2.75, 3.05) is 11.8 Å². The zero-order valence-electron chi connectivity index (χ0n) is 14.0. The first-order valence-corrected chi connectivity index (χ1v) is 9.13. The number of aromatic nitrogens is 1. The van der Waals surface area contributed by atoms with Crippen molar-refractivity contribution < 1.29 is 27.9 Å². The largest absolute Gasteiger partial charge is 0.497 e. The number of anilines is 1. The second-order valence-corrected chi connectivity index (χ2v) is 7.11. The summed E-state index contributed by atoms with van der Waals surface area (Å²) < 4.78 is 32.4. The van der Waals surface area contributed by atoms with Crippen molar-refractivity contribution in [3.05, 3.63) is 65.9 Å². The summed E-state index contributed by atoms with van der Waals surface area (Å²) in [5, 5.41) is 8.33. The average molecular weight is 386 g/mol. The van der Waals surface area contributed by atoms with Crippen molar-refractivity contribution in [2.45, 2.75) is 0 Å². The molecule has 2 N–H and O–H groups in total. The quantitative estimate of drug-likeness (QED) is 0.691. The molecular formula is C18H14N2O6S. The number of carboxylic acids is 1. The van der Waals surface area contributed by atoms with E-state index in [2.05, 4.69) is 9.71 Å². The Kier molecular flexibility index (Phi) is 4.78. The molecule has 0 bridgehead atoms. The van der Waals surface area contributed by atoms with E-state index in [0.717, 1.165) is 24.3 Å². The topological polar surface area (TPSA) is 123 Å². The van der Waals surface area contributed by atoms with E-state index in [4.69, 9.17) is 9.84 Å². The minimum atomic E-state index is -4.45. The summed E-state index contributed by atoms with van der Waals surface area (Å²) in [6.45, 7) is 0. The van der Waals surface area contributed by atoms with E-state index in [1.165, 1.54) is 19.4 Å². The monoisotopic (exact) mass is 386 g/mol. The molecule has 27 heavy (non-hydrogen) atoms. The van der Waals surface area contributed by atoms with Crippen molar-refractivity contribution in [3.8, 4) is 5.75 Å². The van der Waals surface area contributed by atoms with Gasteiger partial charge in [0.1, 0.15) is 5.75 Å². The van der Waals surface area contributed by atoms with Gasteiger partial charge in [-0.1, -0.05) is 6.07 Å². The SMILES string of the molecule is COc1cc(NS(=O)(=O)C(=O)c2ccc(C(=O)O)cc2)c2ncccc2c1. The fraction of sp³-hybridized carbons (Fsp3) is 0.0556. The summed E-state index contributed by atoms with van der Waals surface area (Å²) in [5.41, 5.74) is 0.240. The van der Waals surface area contributed by atoms with Crippen LogP contribution in [-0.4, -0.2) is 36.7 Å². The maximum Gasteiger partial charge on any atom is 0.335 e. The Hall–Kier alpha value is -3.46. The fourth-order valence-electron chi connectivity index (χ4n) is 2.46. The number of nitrogens with one attached hydrogen (secondary N) is 1. The van der Waals surface area contributed by atoms with Crippen LogP contribution >= 0.6 is 0 Å². The molecule has 2 aromatic carbocycles. The Balaban J connectivity index is 1.98. The normalized spacial score (nSPS) is 11.1. The third-order valence-electron chi connectivity index (χ3n) is 3.77. The predicted octanol–water partition coefficient (Wildman–Crippen LogP) is 2.52. The van der Waals surface area contributed by atoms with Crippen molar-refractivity contribution in [2.24, 2.45) is 0 Å². The Labute approximate surface area is 154 Å². The number of hydrogen-bond donors (Lipinski definition) is 2. The summed E-state index contributed by atoms with van der Waals surface area (Å²) >= 11 is 0. The summed E-state index contributed by atoms with van der Waals surface area (Å²) in [5.74, 6) is -0.782. The molecule has 3 aromatic rings. The van der Waals surface area contributed by atoms with Crippen LogP contribution in [0.2, 0.25) is 0 Å². The highest BCUT2D eigenvalue weighted by atomic mass is 32.2. The lowest BCUT2D eigenvalue weighted by molar-refractivity contribution is 0.0696. The van der Waals surface area contributed by atoms with E-state index < -0.39 is 21.1 Å². The Bertz CT molecular complexity index is 1140. The molecule has 0 radical (unpaired) electrons. The average Bonchev–Trinajstić information content (AvgIpc) is 2.67. The summed E-state index contributed by atoms with van der Waals surface area (Å²) in [6.07, 6.45) is 1.50. The minimum absolute atomic E-state index is 0.0557. The molecule has 0 fully saturated rings. The van der Waals surface area contributed by atoms with Gasteiger partial charge in [-0.3, -0.25) is 14.5 Å². The number of rotatable bonds is 5. The van der Waals surface area contributed by atoms with Gasteiger partial charge < -0.3 is 9.84 Å². The van der Waals surface area contributed by atoms with Crippen molar-refractivity contribution >= 4 is 37.7 Å². The highest BCUT2D eigenvalue weighted by Crippen LogP contribution is 2.28. The van der Waals surface area contributed by atoms with Gasteiger partial charge in [0.25, 0.3) is 5.12 Å². The number of sulfonamides is 1. The first-order valence-electron chi connectivity index (χ1n) is 7.65. The maximum atomic E-state index is 12.5. The van der Waals surface area contributed by atoms with E-state index in [1.807, 2.05) is 0 Å². The lowest BCUT2D eigenvalue weighted by Crippen LogP contribution is -2.23. The zero-order valence-corrected chi connectivity index (χ0v) is 14.9. The third-order valence-corrected chi connectivity index (χ3v) is 4.98. The van der Waals surface area contributed by atoms with Crippen LogP contribution in [0.4, 0.5) is 5.69 Å². The smallest absolute Gasteiger partial charge is 0.335 e. The van der Waals surface area contributed by atoms with Crippen molar-refractivity contribution in [3.63, 3.8) is 0 Å². The molecule has 138 valence electrons. The first-order chi connectivity index (χ1) is 12.8. The lowest BCUT2D eigenvalue weighted by atomic mass is 10.1. The summed E-state index contributed by atoms with van der Waals surface area (Å²) in [7, 11) is -3.01. The van der Waals surface area contributed by atoms with Gasteiger partial charge in [0.05, 0.1) is 23.9 Å². The molecule has 1 aromatic heterocycles. The van der Waals surface area contributed by atoms with Crippen LogP contribution in [0.5, 0.6) is 5.75 Å². The van der Waals surface area contributed by atoms with Gasteiger partial charge in [-0.15, -0.1) is 0 Å². The number of carboxylic acid groups (broad SMARTS) is 1. The molecule has 9 heteroatoms. The number of hydrogen-bond acceptors (Lipinski definition) is 6. The molecule has 3 rings (SSSR count). The molecule has 8 nitrogen and oxygen atoms in total. The number of ether oxygens (including phenoxy) is 1. The van der Waals surface area contributed by atoms with Crippen LogP contribution in [0.15, 0.2) is 54.7 Å². The van der Waals surface area contributed by atoms with Crippen LogP contribution in [0.25, 0.3) is 10.9 Å². The van der Waals surface area contributed by atoms with Crippen molar-refractivity contribution in [1.29, 1.82) is 0 Å². The number of benzene rings is 2. The fourth-order valence-corrected chi connectivity index (χ4v) is 3.44. The number of fused-ring (bicyclic) bond motifs is 1. The van der Waals surface area contributed by atoms with E-state index in [-0.39, 0.29) is 16.8 Å². The van der Waals surface area contributed by atoms with Gasteiger partial charge in [-0.05, 0) is 36.4 Å². The Morgan fingerprint density at radius 3 is 2.37 bits per heavy atom. The van der Waals surface area contributed by atoms with Crippen LogP contribution in [-0.2, 0) is 10.0 Å². The van der Waals surface area contributed by atoms with Gasteiger partial charge in [-0.25, -0.2) is 4.79 Å². The molecule has 0 aliphatic carbocycles. The second-order valence-electron chi connectivity index (χ2n) is 5.53. The number of aromatic carboxylic acids is 1. The molecule has 1 heterocycles. The van der Waals surface area contributed by atoms with Crippen molar-refractivity contribution in [1.82, 2.24) is 4.98 Å². The molecule has 0 saturated carbocycles. The van der Waals surface area contributed by atoms with Gasteiger partial charge in [0, 0.05) is 23.2 Å². The van der Waals surface area contributed by atoms with Crippen LogP contribution < -0.4 is 9.46 Å². The van der Waals surface area contributed by atoms with Crippen LogP contribution in [0, 0.1) is 0 Å². The molecular weight excluding hydrogens is 372 g/mol. The molecule has 0 aliphatic heterocycles. The van der Waals surface area contributed by atoms with E-state index >= 15 is 0 Å². The summed E-state index contributed by atoms with van der Waals surface area (Å²) in [4.78, 5) is 27.4. The molecule has 0 atom stereocenters. The maximum absolute atomic E-state index is 12.5. The Morgan fingerprint density at radius 2 is 1.74 bits per heavy atom. The highest BCUT2D eigenvalue weighted by molar-refractivity contribution is 8.07. The van der Waals surface area contributed by atoms with E-state index in [1.54, 1.807) is 18.2 Å². The second kappa shape index (κ2) is 7.04. The molecule has 0 spiro atoms. The first kappa shape index (κ1) is 18.3. The lowest BCUT2D eigenvalue weighted by Gasteiger charge is -2.11. The van der Waals surface area contributed by atoms with Crippen LogP contribution in [0.1, 0.15) is 20.7 Å². The Morgan fingerprint density at radius 1 is 1.07 bits per heavy atom. The van der Waals surface area contributed by atoms with Gasteiger partial charge in [0.15, 0.2) is 0 Å². The molecule has 0 unspecified atom stereocenters. The highest BCUT2D eigenvalue weighted by Gasteiger charge is 2.25. The van der Waals surface area contributed by atoms with Crippen LogP contribution in [0.3, 0.4) is 0 Å². The minimum Gasteiger partial charge on any atom is -0.497 e. The number of methoxy groups -OCH3 is 1. The summed E-state index contributed by atoms with van der Waals surface area (Å²) in [6, 6.07) is 11.1. The predicted molar refractivity (Wildman–Crippen MR) is 98.6 cm³/mol. The molecule has 0 saturated heterocycles. The third kappa shape index (κ3) is 3.72. The van der Waals surface area contributed by atoms with E-state index in [9.17, 15) is 18.0 Å². The number of carbonyl (C=O) groups is 2. The standard InChI is InChI=1S/C18H14N2O6S/c1-26-14-9-13-3-2-8-19-16(13)15(10-14)20-27(24,25)18(23)12-6-4-11(5-7-12)17(21)22/h2-10,20H,1H3,(H,21,22). The zero-order chi connectivity index (χ0) is 19.6. The number of carbonyl (C=O) groups excluding carboxylic acids is 1. The van der Waals surface area contributed by atoms with Gasteiger partial charge in [-0.2, -0.15) is 8.42 Å². The van der Waals surface area contributed by atoms with Gasteiger partial charge >= 0.3 is 16.0 Å². The van der Waals surface area contributed by atoms with Gasteiger partial charge in [0.2, 0.25) is 0 Å². The van der Waals surface area contributed by atoms with E-state index in [0.29, 0.717) is 16.7 Å².